The quantitative estimate of drug-likeness (QED) is 0.911. The molecule has 2 rings (SSSR count). The highest BCUT2D eigenvalue weighted by atomic mass is 32.1. The second-order valence-electron chi connectivity index (χ2n) is 4.98. The van der Waals surface area contributed by atoms with Gasteiger partial charge in [-0.25, -0.2) is 4.98 Å². The van der Waals surface area contributed by atoms with E-state index in [4.69, 9.17) is 5.73 Å². The maximum absolute atomic E-state index is 12.5. The average Bonchev–Trinajstić information content (AvgIpc) is 2.87. The van der Waals surface area contributed by atoms with E-state index in [9.17, 15) is 18.0 Å². The molecule has 1 saturated heterocycles. The van der Waals surface area contributed by atoms with E-state index in [2.05, 4.69) is 4.98 Å². The normalized spacial score (nSPS) is 21.9. The molecule has 0 saturated carbocycles. The molecule has 20 heavy (non-hydrogen) atoms. The minimum atomic E-state index is -4.41. The Morgan fingerprint density at radius 3 is 2.85 bits per heavy atom. The first-order chi connectivity index (χ1) is 9.29. The van der Waals surface area contributed by atoms with Gasteiger partial charge >= 0.3 is 6.18 Å². The smallest absolute Gasteiger partial charge is 0.341 e. The van der Waals surface area contributed by atoms with Crippen molar-refractivity contribution in [3.63, 3.8) is 0 Å². The van der Waals surface area contributed by atoms with Gasteiger partial charge < -0.3 is 10.6 Å². The second kappa shape index (κ2) is 5.69. The predicted octanol–water partition coefficient (Wildman–Crippen LogP) is 2.22. The highest BCUT2D eigenvalue weighted by molar-refractivity contribution is 7.09. The average molecular weight is 307 g/mol. The lowest BCUT2D eigenvalue weighted by Gasteiger charge is -2.32. The van der Waals surface area contributed by atoms with Crippen LogP contribution in [0.4, 0.5) is 13.2 Å². The van der Waals surface area contributed by atoms with E-state index in [1.807, 2.05) is 0 Å². The van der Waals surface area contributed by atoms with Gasteiger partial charge in [0.1, 0.15) is 0 Å². The van der Waals surface area contributed by atoms with E-state index in [1.54, 1.807) is 11.8 Å². The van der Waals surface area contributed by atoms with E-state index < -0.39 is 17.9 Å². The molecule has 0 bridgehead atoms. The summed E-state index contributed by atoms with van der Waals surface area (Å²) in [5.74, 6) is -0.296. The van der Waals surface area contributed by atoms with Gasteiger partial charge in [-0.05, 0) is 19.8 Å². The Kier molecular flexibility index (Phi) is 4.33. The standard InChI is InChI=1S/C12H16F3N3OS/c1-7(16)11(19)18-4-2-3-8(5-18)10-17-9(6-20-10)12(13,14)15/h6-8H,2-5,16H2,1H3/t7-,8-/m0/s1. The molecule has 2 heterocycles. The number of amides is 1. The summed E-state index contributed by atoms with van der Waals surface area (Å²) < 4.78 is 37.6. The summed E-state index contributed by atoms with van der Waals surface area (Å²) in [5.41, 5.74) is 4.71. The van der Waals surface area contributed by atoms with E-state index in [-0.39, 0.29) is 11.8 Å². The molecule has 1 aliphatic heterocycles. The minimum absolute atomic E-state index is 0.132. The fourth-order valence-corrected chi connectivity index (χ4v) is 3.23. The van der Waals surface area contributed by atoms with Crippen LogP contribution in [0.2, 0.25) is 0 Å². The van der Waals surface area contributed by atoms with Crippen molar-refractivity contribution in [1.29, 1.82) is 0 Å². The molecule has 0 radical (unpaired) electrons. The minimum Gasteiger partial charge on any atom is -0.341 e. The summed E-state index contributed by atoms with van der Waals surface area (Å²) in [4.78, 5) is 17.1. The van der Waals surface area contributed by atoms with Gasteiger partial charge in [0, 0.05) is 24.4 Å². The number of carbonyl (C=O) groups excluding carboxylic acids is 1. The molecule has 1 aromatic rings. The third-order valence-electron chi connectivity index (χ3n) is 3.28. The summed E-state index contributed by atoms with van der Waals surface area (Å²) in [6, 6.07) is -0.587. The van der Waals surface area contributed by atoms with E-state index in [0.717, 1.165) is 29.6 Å². The van der Waals surface area contributed by atoms with Crippen molar-refractivity contribution >= 4 is 17.2 Å². The number of likely N-dealkylation sites (tertiary alicyclic amines) is 1. The number of halogens is 3. The van der Waals surface area contributed by atoms with Crippen LogP contribution in [0.3, 0.4) is 0 Å². The van der Waals surface area contributed by atoms with Crippen LogP contribution in [0.1, 0.15) is 36.4 Å². The van der Waals surface area contributed by atoms with Crippen molar-refractivity contribution in [1.82, 2.24) is 9.88 Å². The number of hydrogen-bond donors (Lipinski definition) is 1. The van der Waals surface area contributed by atoms with Crippen molar-refractivity contribution in [2.45, 2.75) is 37.9 Å². The van der Waals surface area contributed by atoms with E-state index in [1.165, 1.54) is 0 Å². The molecule has 0 aromatic carbocycles. The number of piperidine rings is 1. The molecule has 0 spiro atoms. The number of aromatic nitrogens is 1. The number of thiazole rings is 1. The van der Waals surface area contributed by atoms with Crippen LogP contribution in [0.25, 0.3) is 0 Å². The molecule has 1 amide bonds. The first-order valence-electron chi connectivity index (χ1n) is 6.36. The molecule has 2 atom stereocenters. The van der Waals surface area contributed by atoms with Gasteiger partial charge in [-0.1, -0.05) is 0 Å². The molecular formula is C12H16F3N3OS. The fourth-order valence-electron chi connectivity index (χ4n) is 2.27. The van der Waals surface area contributed by atoms with Crippen molar-refractivity contribution in [2.24, 2.45) is 5.73 Å². The van der Waals surface area contributed by atoms with Gasteiger partial charge in [0.15, 0.2) is 5.69 Å². The van der Waals surface area contributed by atoms with Crippen LogP contribution in [0.5, 0.6) is 0 Å². The highest BCUT2D eigenvalue weighted by Crippen LogP contribution is 2.34. The molecule has 0 aliphatic carbocycles. The number of carbonyl (C=O) groups is 1. The first kappa shape index (κ1) is 15.2. The maximum Gasteiger partial charge on any atom is 0.434 e. The summed E-state index contributed by atoms with van der Waals surface area (Å²) in [6.45, 7) is 2.61. The van der Waals surface area contributed by atoms with Gasteiger partial charge in [-0.15, -0.1) is 11.3 Å². The van der Waals surface area contributed by atoms with Crippen molar-refractivity contribution in [3.05, 3.63) is 16.1 Å². The van der Waals surface area contributed by atoms with Crippen LogP contribution in [0, 0.1) is 0 Å². The maximum atomic E-state index is 12.5. The first-order valence-corrected chi connectivity index (χ1v) is 7.24. The van der Waals surface area contributed by atoms with E-state index >= 15 is 0 Å². The zero-order valence-electron chi connectivity index (χ0n) is 11.0. The Morgan fingerprint density at radius 1 is 1.60 bits per heavy atom. The zero-order chi connectivity index (χ0) is 14.9. The molecule has 0 unspecified atom stereocenters. The lowest BCUT2D eigenvalue weighted by molar-refractivity contribution is -0.141. The van der Waals surface area contributed by atoms with Crippen LogP contribution in [0.15, 0.2) is 5.38 Å². The molecular weight excluding hydrogens is 291 g/mol. The van der Waals surface area contributed by atoms with Crippen LogP contribution < -0.4 is 5.73 Å². The largest absolute Gasteiger partial charge is 0.434 e. The van der Waals surface area contributed by atoms with Gasteiger partial charge in [0.2, 0.25) is 5.91 Å². The Labute approximate surface area is 118 Å². The summed E-state index contributed by atoms with van der Waals surface area (Å²) in [7, 11) is 0. The van der Waals surface area contributed by atoms with Crippen molar-refractivity contribution in [3.8, 4) is 0 Å². The molecule has 8 heteroatoms. The number of nitrogens with zero attached hydrogens (tertiary/aromatic N) is 2. The van der Waals surface area contributed by atoms with Crippen LogP contribution in [-0.2, 0) is 11.0 Å². The van der Waals surface area contributed by atoms with E-state index in [0.29, 0.717) is 18.1 Å². The molecule has 2 N–H and O–H groups in total. The van der Waals surface area contributed by atoms with Crippen molar-refractivity contribution < 1.29 is 18.0 Å². The predicted molar refractivity (Wildman–Crippen MR) is 69.3 cm³/mol. The molecule has 1 aliphatic rings. The Hall–Kier alpha value is -1.15. The number of nitrogens with two attached hydrogens (primary N) is 1. The SMILES string of the molecule is C[C@H](N)C(=O)N1CCC[C@H](c2nc(C(F)(F)F)cs2)C1. The molecule has 112 valence electrons. The topological polar surface area (TPSA) is 59.2 Å². The van der Waals surface area contributed by atoms with Crippen LogP contribution in [-0.4, -0.2) is 34.9 Å². The Morgan fingerprint density at radius 2 is 2.30 bits per heavy atom. The lowest BCUT2D eigenvalue weighted by Crippen LogP contribution is -2.46. The Balaban J connectivity index is 2.09. The molecule has 1 fully saturated rings. The summed E-state index contributed by atoms with van der Waals surface area (Å²) >= 11 is 1.00. The number of alkyl halides is 3. The van der Waals surface area contributed by atoms with Crippen LogP contribution >= 0.6 is 11.3 Å². The zero-order valence-corrected chi connectivity index (χ0v) is 11.8. The number of hydrogen-bond acceptors (Lipinski definition) is 4. The monoisotopic (exact) mass is 307 g/mol. The van der Waals surface area contributed by atoms with Gasteiger partial charge in [-0.2, -0.15) is 13.2 Å². The third-order valence-corrected chi connectivity index (χ3v) is 4.29. The third kappa shape index (κ3) is 3.29. The van der Waals surface area contributed by atoms with Crippen molar-refractivity contribution in [2.75, 3.05) is 13.1 Å². The molecule has 4 nitrogen and oxygen atoms in total. The molecule has 1 aromatic heterocycles. The second-order valence-corrected chi connectivity index (χ2v) is 5.87. The fraction of sp³-hybridized carbons (Fsp3) is 0.667. The summed E-state index contributed by atoms with van der Waals surface area (Å²) in [5, 5.41) is 1.47. The number of rotatable bonds is 2. The van der Waals surface area contributed by atoms with Gasteiger partial charge in [0.25, 0.3) is 0 Å². The summed E-state index contributed by atoms with van der Waals surface area (Å²) in [6.07, 6.45) is -2.91. The highest BCUT2D eigenvalue weighted by Gasteiger charge is 2.35. The van der Waals surface area contributed by atoms with Gasteiger partial charge in [0.05, 0.1) is 11.0 Å². The van der Waals surface area contributed by atoms with Gasteiger partial charge in [-0.3, -0.25) is 4.79 Å². The lowest BCUT2D eigenvalue weighted by atomic mass is 9.98. The Bertz CT molecular complexity index is 487.